The van der Waals surface area contributed by atoms with Gasteiger partial charge in [0.15, 0.2) is 5.82 Å². The number of hydrogen-bond donors (Lipinski definition) is 1. The molecule has 2 aromatic carbocycles. The molecule has 1 N–H and O–H groups in total. The smallest absolute Gasteiger partial charge is 0.228 e. The zero-order valence-electron chi connectivity index (χ0n) is 12.5. The Morgan fingerprint density at radius 1 is 1.17 bits per heavy atom. The Balaban J connectivity index is 1.79. The van der Waals surface area contributed by atoms with E-state index in [2.05, 4.69) is 15.5 Å². The van der Waals surface area contributed by atoms with Gasteiger partial charge in [-0.15, -0.1) is 10.2 Å². The van der Waals surface area contributed by atoms with Crippen LogP contribution >= 0.6 is 11.6 Å². The number of nitrogens with one attached hydrogen (secondary N) is 1. The molecule has 3 aromatic rings. The number of rotatable bonds is 4. The summed E-state index contributed by atoms with van der Waals surface area (Å²) in [5.74, 6) is 0.606. The van der Waals surface area contributed by atoms with E-state index in [0.29, 0.717) is 16.5 Å². The van der Waals surface area contributed by atoms with Crippen LogP contribution in [0, 0.1) is 0 Å². The number of aryl methyl sites for hydroxylation is 1. The van der Waals surface area contributed by atoms with Gasteiger partial charge in [-0.3, -0.25) is 4.79 Å². The quantitative estimate of drug-likeness (QED) is 0.800. The maximum absolute atomic E-state index is 12.3. The van der Waals surface area contributed by atoms with Gasteiger partial charge in [0.1, 0.15) is 6.33 Å². The number of halogens is 1. The summed E-state index contributed by atoms with van der Waals surface area (Å²) in [5.41, 5.74) is 2.45. The Morgan fingerprint density at radius 2 is 1.91 bits per heavy atom. The summed E-state index contributed by atoms with van der Waals surface area (Å²) in [7, 11) is 1.86. The summed E-state index contributed by atoms with van der Waals surface area (Å²) < 4.78 is 1.81. The molecule has 6 heteroatoms. The summed E-state index contributed by atoms with van der Waals surface area (Å²) in [6.07, 6.45) is 1.91. The Hall–Kier alpha value is -2.66. The third kappa shape index (κ3) is 3.57. The molecule has 3 rings (SSSR count). The zero-order chi connectivity index (χ0) is 16.2. The van der Waals surface area contributed by atoms with Gasteiger partial charge < -0.3 is 9.88 Å². The molecule has 0 aliphatic carbocycles. The molecule has 5 nitrogen and oxygen atoms in total. The lowest BCUT2D eigenvalue weighted by Gasteiger charge is -2.10. The van der Waals surface area contributed by atoms with Crippen LogP contribution in [0.2, 0.25) is 5.02 Å². The lowest BCUT2D eigenvalue weighted by molar-refractivity contribution is -0.115. The monoisotopic (exact) mass is 326 g/mol. The van der Waals surface area contributed by atoms with Gasteiger partial charge in [0.2, 0.25) is 5.91 Å². The highest BCUT2D eigenvalue weighted by Crippen LogP contribution is 2.25. The van der Waals surface area contributed by atoms with Crippen LogP contribution in [0.5, 0.6) is 0 Å². The normalized spacial score (nSPS) is 10.5. The molecule has 116 valence electrons. The molecule has 0 fully saturated rings. The minimum Gasteiger partial charge on any atom is -0.325 e. The zero-order valence-corrected chi connectivity index (χ0v) is 13.3. The van der Waals surface area contributed by atoms with Crippen molar-refractivity contribution >= 4 is 23.2 Å². The van der Waals surface area contributed by atoms with Gasteiger partial charge in [-0.25, -0.2) is 0 Å². The molecular weight excluding hydrogens is 312 g/mol. The standard InChI is InChI=1S/C17H15ClN4O/c1-22-11-19-21-17(22)14-4-2-3-5-15(14)20-16(23)10-12-6-8-13(18)9-7-12/h2-9,11H,10H2,1H3,(H,20,23). The minimum atomic E-state index is -0.0954. The highest BCUT2D eigenvalue weighted by atomic mass is 35.5. The van der Waals surface area contributed by atoms with E-state index in [1.54, 1.807) is 18.5 Å². The molecule has 23 heavy (non-hydrogen) atoms. The van der Waals surface area contributed by atoms with Crippen molar-refractivity contribution < 1.29 is 4.79 Å². The van der Waals surface area contributed by atoms with Crippen LogP contribution in [0.25, 0.3) is 11.4 Å². The largest absolute Gasteiger partial charge is 0.325 e. The first-order valence-electron chi connectivity index (χ1n) is 7.11. The van der Waals surface area contributed by atoms with Gasteiger partial charge in [-0.05, 0) is 29.8 Å². The van der Waals surface area contributed by atoms with Crippen LogP contribution in [0.3, 0.4) is 0 Å². The second-order valence-corrected chi connectivity index (χ2v) is 5.60. The van der Waals surface area contributed by atoms with E-state index in [-0.39, 0.29) is 12.3 Å². The van der Waals surface area contributed by atoms with E-state index in [9.17, 15) is 4.79 Å². The first kappa shape index (κ1) is 15.2. The highest BCUT2D eigenvalue weighted by molar-refractivity contribution is 6.30. The van der Waals surface area contributed by atoms with Gasteiger partial charge in [0.05, 0.1) is 12.1 Å². The van der Waals surface area contributed by atoms with Crippen molar-refractivity contribution in [3.8, 4) is 11.4 Å². The summed E-state index contributed by atoms with van der Waals surface area (Å²) in [5, 5.41) is 11.6. The lowest BCUT2D eigenvalue weighted by Crippen LogP contribution is -2.15. The summed E-state index contributed by atoms with van der Waals surface area (Å²) in [4.78, 5) is 12.3. The Labute approximate surface area is 138 Å². The van der Waals surface area contributed by atoms with Crippen LogP contribution in [-0.4, -0.2) is 20.7 Å². The SMILES string of the molecule is Cn1cnnc1-c1ccccc1NC(=O)Cc1ccc(Cl)cc1. The van der Waals surface area contributed by atoms with Crippen molar-refractivity contribution in [2.24, 2.45) is 7.05 Å². The number of amides is 1. The summed E-state index contributed by atoms with van der Waals surface area (Å²) in [6.45, 7) is 0. The second kappa shape index (κ2) is 6.62. The number of para-hydroxylation sites is 1. The second-order valence-electron chi connectivity index (χ2n) is 5.16. The van der Waals surface area contributed by atoms with E-state index in [0.717, 1.165) is 11.1 Å². The van der Waals surface area contributed by atoms with Gasteiger partial charge in [-0.1, -0.05) is 35.9 Å². The van der Waals surface area contributed by atoms with Gasteiger partial charge in [-0.2, -0.15) is 0 Å². The number of benzene rings is 2. The number of aromatic nitrogens is 3. The van der Waals surface area contributed by atoms with Crippen molar-refractivity contribution in [3.05, 3.63) is 65.4 Å². The number of hydrogen-bond acceptors (Lipinski definition) is 3. The molecule has 0 aliphatic rings. The molecule has 1 amide bonds. The highest BCUT2D eigenvalue weighted by Gasteiger charge is 2.12. The lowest BCUT2D eigenvalue weighted by atomic mass is 10.1. The molecule has 1 aromatic heterocycles. The summed E-state index contributed by atoms with van der Waals surface area (Å²) in [6, 6.07) is 14.8. The van der Waals surface area contributed by atoms with Crippen LogP contribution in [0.1, 0.15) is 5.56 Å². The maximum Gasteiger partial charge on any atom is 0.228 e. The molecule has 0 aliphatic heterocycles. The summed E-state index contributed by atoms with van der Waals surface area (Å²) >= 11 is 5.85. The number of anilines is 1. The molecule has 0 atom stereocenters. The molecule has 0 bridgehead atoms. The van der Waals surface area contributed by atoms with E-state index < -0.39 is 0 Å². The molecule has 0 spiro atoms. The van der Waals surface area contributed by atoms with Crippen molar-refractivity contribution in [2.45, 2.75) is 6.42 Å². The van der Waals surface area contributed by atoms with Crippen LogP contribution in [-0.2, 0) is 18.3 Å². The average molecular weight is 327 g/mol. The molecule has 0 saturated carbocycles. The van der Waals surface area contributed by atoms with E-state index >= 15 is 0 Å². The predicted molar refractivity (Wildman–Crippen MR) is 90.2 cm³/mol. The van der Waals surface area contributed by atoms with Gasteiger partial charge in [0.25, 0.3) is 0 Å². The van der Waals surface area contributed by atoms with Gasteiger partial charge >= 0.3 is 0 Å². The fourth-order valence-electron chi connectivity index (χ4n) is 2.30. The van der Waals surface area contributed by atoms with Crippen LogP contribution in [0.4, 0.5) is 5.69 Å². The van der Waals surface area contributed by atoms with Crippen LogP contribution in [0.15, 0.2) is 54.9 Å². The molecular formula is C17H15ClN4O. The first-order valence-corrected chi connectivity index (χ1v) is 7.49. The molecule has 0 saturated heterocycles. The minimum absolute atomic E-state index is 0.0954. The van der Waals surface area contributed by atoms with Crippen molar-refractivity contribution in [1.82, 2.24) is 14.8 Å². The average Bonchev–Trinajstić information content (AvgIpc) is 2.96. The van der Waals surface area contributed by atoms with E-state index in [4.69, 9.17) is 11.6 Å². The number of carbonyl (C=O) groups excluding carboxylic acids is 1. The fourth-order valence-corrected chi connectivity index (χ4v) is 2.42. The third-order valence-corrected chi connectivity index (χ3v) is 3.68. The van der Waals surface area contributed by atoms with E-state index in [1.165, 1.54) is 0 Å². The Morgan fingerprint density at radius 3 is 2.61 bits per heavy atom. The Bertz CT molecular complexity index is 827. The molecule has 0 unspecified atom stereocenters. The fraction of sp³-hybridized carbons (Fsp3) is 0.118. The maximum atomic E-state index is 12.3. The first-order chi connectivity index (χ1) is 11.1. The van der Waals surface area contributed by atoms with Crippen LogP contribution < -0.4 is 5.32 Å². The van der Waals surface area contributed by atoms with Crippen molar-refractivity contribution in [2.75, 3.05) is 5.32 Å². The molecule has 1 heterocycles. The topological polar surface area (TPSA) is 59.8 Å². The van der Waals surface area contributed by atoms with E-state index in [1.807, 2.05) is 48.0 Å². The third-order valence-electron chi connectivity index (χ3n) is 3.43. The van der Waals surface area contributed by atoms with Crippen molar-refractivity contribution in [3.63, 3.8) is 0 Å². The predicted octanol–water partition coefficient (Wildman–Crippen LogP) is 3.32. The Kier molecular flexibility index (Phi) is 4.39. The van der Waals surface area contributed by atoms with Gasteiger partial charge in [0, 0.05) is 17.6 Å². The van der Waals surface area contributed by atoms with Crippen molar-refractivity contribution in [1.29, 1.82) is 0 Å². The number of nitrogens with zero attached hydrogens (tertiary/aromatic N) is 3. The number of carbonyl (C=O) groups is 1. The molecule has 0 radical (unpaired) electrons.